The predicted molar refractivity (Wildman–Crippen MR) is 93.0 cm³/mol. The van der Waals surface area contributed by atoms with Crippen LogP contribution in [0.3, 0.4) is 0 Å². The first kappa shape index (κ1) is 17.2. The molecule has 1 aliphatic heterocycles. The molecule has 2 atom stereocenters. The Labute approximate surface area is 129 Å². The minimum Gasteiger partial charge on any atom is -0.310 e. The highest BCUT2D eigenvalue weighted by atomic mass is 15.4. The molecule has 0 aromatic heterocycles. The molecule has 1 N–H and O–H groups in total. The molecule has 0 spiro atoms. The first-order chi connectivity index (χ1) is 10.0. The number of hydrazone groups is 1. The largest absolute Gasteiger partial charge is 0.310 e. The molecule has 0 fully saturated rings. The monoisotopic (exact) mass is 285 g/mol. The number of hydrogen-bond acceptors (Lipinski definition) is 3. The molecular formula is C18H27N3. The van der Waals surface area contributed by atoms with Gasteiger partial charge in [0, 0.05) is 18.5 Å². The third-order valence-corrected chi connectivity index (χ3v) is 3.57. The molecular weight excluding hydrogens is 258 g/mol. The minimum atomic E-state index is 0.168. The van der Waals surface area contributed by atoms with Gasteiger partial charge in [-0.15, -0.1) is 6.58 Å². The van der Waals surface area contributed by atoms with Crippen LogP contribution in [0.4, 0.5) is 0 Å². The standard InChI is InChI=1S/C18H27N3/c1-7-14(3)12-20-21-13-17(10-9-16(21)5)15(4)11-18(8-2)19-6/h8-14,18-19H,2,5,7H2,1,3-4,6H3/b15-11+,20-12-. The van der Waals surface area contributed by atoms with E-state index < -0.39 is 0 Å². The van der Waals surface area contributed by atoms with E-state index in [-0.39, 0.29) is 6.04 Å². The second kappa shape index (κ2) is 8.42. The van der Waals surface area contributed by atoms with Gasteiger partial charge in [-0.1, -0.05) is 38.7 Å². The van der Waals surface area contributed by atoms with Crippen LogP contribution in [0.15, 0.2) is 65.6 Å². The summed E-state index contributed by atoms with van der Waals surface area (Å²) in [6, 6.07) is 0.168. The molecule has 0 aromatic rings. The van der Waals surface area contributed by atoms with Crippen LogP contribution in [-0.4, -0.2) is 24.3 Å². The molecule has 0 radical (unpaired) electrons. The summed E-state index contributed by atoms with van der Waals surface area (Å²) >= 11 is 0. The maximum Gasteiger partial charge on any atom is 0.0574 e. The van der Waals surface area contributed by atoms with Crippen molar-refractivity contribution in [1.29, 1.82) is 0 Å². The lowest BCUT2D eigenvalue weighted by atomic mass is 10.0. The third-order valence-electron chi connectivity index (χ3n) is 3.57. The highest BCUT2D eigenvalue weighted by Crippen LogP contribution is 2.21. The fourth-order valence-corrected chi connectivity index (χ4v) is 1.79. The lowest BCUT2D eigenvalue weighted by molar-refractivity contribution is 0.505. The number of nitrogens with one attached hydrogen (secondary N) is 1. The van der Waals surface area contributed by atoms with E-state index in [2.05, 4.69) is 56.5 Å². The summed E-state index contributed by atoms with van der Waals surface area (Å²) in [6.07, 6.45) is 13.2. The fourth-order valence-electron chi connectivity index (χ4n) is 1.79. The summed E-state index contributed by atoms with van der Waals surface area (Å²) in [5, 5.41) is 9.52. The molecule has 3 heteroatoms. The van der Waals surface area contributed by atoms with E-state index in [4.69, 9.17) is 0 Å². The van der Waals surface area contributed by atoms with Crippen molar-refractivity contribution in [2.45, 2.75) is 33.2 Å². The molecule has 1 aliphatic rings. The van der Waals surface area contributed by atoms with Gasteiger partial charge >= 0.3 is 0 Å². The fraction of sp³-hybridized carbons (Fsp3) is 0.389. The Kier molecular flexibility index (Phi) is 6.89. The van der Waals surface area contributed by atoms with Crippen LogP contribution in [0.5, 0.6) is 0 Å². The van der Waals surface area contributed by atoms with E-state index >= 15 is 0 Å². The van der Waals surface area contributed by atoms with Crippen LogP contribution in [0.25, 0.3) is 0 Å². The molecule has 0 aromatic carbocycles. The summed E-state index contributed by atoms with van der Waals surface area (Å²) < 4.78 is 0. The van der Waals surface area contributed by atoms with Crippen molar-refractivity contribution < 1.29 is 0 Å². The molecule has 0 amide bonds. The van der Waals surface area contributed by atoms with E-state index in [0.717, 1.165) is 17.7 Å². The molecule has 114 valence electrons. The normalized spacial score (nSPS) is 18.9. The second-order valence-corrected chi connectivity index (χ2v) is 5.30. The van der Waals surface area contributed by atoms with Crippen LogP contribution < -0.4 is 5.32 Å². The summed E-state index contributed by atoms with van der Waals surface area (Å²) in [4.78, 5) is 0. The molecule has 0 bridgehead atoms. The Balaban J connectivity index is 2.92. The first-order valence-corrected chi connectivity index (χ1v) is 7.42. The summed E-state index contributed by atoms with van der Waals surface area (Å²) in [5.41, 5.74) is 3.19. The molecule has 1 heterocycles. The van der Waals surface area contributed by atoms with Crippen molar-refractivity contribution in [3.8, 4) is 0 Å². The van der Waals surface area contributed by atoms with Gasteiger partial charge in [-0.25, -0.2) is 5.01 Å². The van der Waals surface area contributed by atoms with Gasteiger partial charge in [0.25, 0.3) is 0 Å². The van der Waals surface area contributed by atoms with E-state index in [9.17, 15) is 0 Å². The topological polar surface area (TPSA) is 27.6 Å². The summed E-state index contributed by atoms with van der Waals surface area (Å²) in [7, 11) is 1.92. The highest BCUT2D eigenvalue weighted by Gasteiger charge is 2.10. The van der Waals surface area contributed by atoms with Gasteiger partial charge in [-0.05, 0) is 43.5 Å². The first-order valence-electron chi connectivity index (χ1n) is 7.42. The van der Waals surface area contributed by atoms with Crippen molar-refractivity contribution in [2.24, 2.45) is 11.0 Å². The Bertz CT molecular complexity index is 495. The zero-order chi connectivity index (χ0) is 15.8. The Morgan fingerprint density at radius 3 is 2.76 bits per heavy atom. The zero-order valence-electron chi connectivity index (χ0n) is 13.6. The number of likely N-dealkylation sites (N-methyl/N-ethyl adjacent to an activating group) is 1. The number of nitrogens with zero attached hydrogens (tertiary/aromatic N) is 2. The number of hydrogen-bond donors (Lipinski definition) is 1. The molecule has 0 aliphatic carbocycles. The van der Waals surface area contributed by atoms with Crippen molar-refractivity contribution in [3.05, 3.63) is 60.5 Å². The Hall–Kier alpha value is -1.87. The Morgan fingerprint density at radius 2 is 2.19 bits per heavy atom. The van der Waals surface area contributed by atoms with Gasteiger partial charge in [0.15, 0.2) is 0 Å². The predicted octanol–water partition coefficient (Wildman–Crippen LogP) is 4.01. The van der Waals surface area contributed by atoms with Crippen molar-refractivity contribution in [2.75, 3.05) is 7.05 Å². The third kappa shape index (κ3) is 5.20. The van der Waals surface area contributed by atoms with Gasteiger partial charge in [0.05, 0.1) is 5.70 Å². The molecule has 2 unspecified atom stereocenters. The quantitative estimate of drug-likeness (QED) is 0.565. The van der Waals surface area contributed by atoms with E-state index in [1.165, 1.54) is 5.57 Å². The molecule has 21 heavy (non-hydrogen) atoms. The van der Waals surface area contributed by atoms with Crippen LogP contribution in [0.1, 0.15) is 27.2 Å². The Morgan fingerprint density at radius 1 is 1.48 bits per heavy atom. The van der Waals surface area contributed by atoms with Crippen molar-refractivity contribution >= 4 is 6.21 Å². The zero-order valence-corrected chi connectivity index (χ0v) is 13.6. The average Bonchev–Trinajstić information content (AvgIpc) is 2.51. The summed E-state index contributed by atoms with van der Waals surface area (Å²) in [6.45, 7) is 14.2. The van der Waals surface area contributed by atoms with Gasteiger partial charge in [-0.3, -0.25) is 0 Å². The van der Waals surface area contributed by atoms with Crippen molar-refractivity contribution in [1.82, 2.24) is 10.3 Å². The molecule has 1 rings (SSSR count). The molecule has 3 nitrogen and oxygen atoms in total. The van der Waals surface area contributed by atoms with Crippen LogP contribution in [0, 0.1) is 5.92 Å². The van der Waals surface area contributed by atoms with E-state index in [1.54, 1.807) is 0 Å². The van der Waals surface area contributed by atoms with Crippen molar-refractivity contribution in [3.63, 3.8) is 0 Å². The average molecular weight is 285 g/mol. The molecule has 0 saturated carbocycles. The van der Waals surface area contributed by atoms with Gasteiger partial charge in [-0.2, -0.15) is 5.10 Å². The number of rotatable bonds is 7. The van der Waals surface area contributed by atoms with Crippen LogP contribution in [-0.2, 0) is 0 Å². The van der Waals surface area contributed by atoms with Gasteiger partial charge < -0.3 is 5.32 Å². The highest BCUT2D eigenvalue weighted by molar-refractivity contribution is 5.60. The number of allylic oxidation sites excluding steroid dienone is 4. The second-order valence-electron chi connectivity index (χ2n) is 5.30. The smallest absolute Gasteiger partial charge is 0.0574 e. The van der Waals surface area contributed by atoms with Gasteiger partial charge in [0.2, 0.25) is 0 Å². The summed E-state index contributed by atoms with van der Waals surface area (Å²) in [5.74, 6) is 0.464. The van der Waals surface area contributed by atoms with E-state index in [0.29, 0.717) is 5.92 Å². The van der Waals surface area contributed by atoms with Crippen LogP contribution in [0.2, 0.25) is 0 Å². The maximum absolute atomic E-state index is 4.51. The van der Waals surface area contributed by atoms with Crippen LogP contribution >= 0.6 is 0 Å². The SMILES string of the molecule is C=CC(/C=C(\C)C1=CN(/N=C\C(C)CC)C(=C)C=C1)NC. The lowest BCUT2D eigenvalue weighted by Gasteiger charge is -2.21. The maximum atomic E-state index is 4.51. The minimum absolute atomic E-state index is 0.168. The molecule has 0 saturated heterocycles. The lowest BCUT2D eigenvalue weighted by Crippen LogP contribution is -2.20. The van der Waals surface area contributed by atoms with E-state index in [1.807, 2.05) is 36.6 Å². The van der Waals surface area contributed by atoms with Gasteiger partial charge in [0.1, 0.15) is 0 Å².